The van der Waals surface area contributed by atoms with Gasteiger partial charge in [0.25, 0.3) is 5.19 Å². The number of amides is 1. The third kappa shape index (κ3) is 7.55. The molecular formula is C29H34N2O5S. The molecule has 7 nitrogen and oxygen atoms in total. The number of thiazole rings is 1. The molecule has 1 N–H and O–H groups in total. The topological polar surface area (TPSA) is 89.0 Å². The molecule has 0 unspecified atom stereocenters. The molecule has 1 saturated carbocycles. The Morgan fingerprint density at radius 2 is 1.78 bits per heavy atom. The summed E-state index contributed by atoms with van der Waals surface area (Å²) in [4.78, 5) is 30.7. The van der Waals surface area contributed by atoms with E-state index in [1.165, 1.54) is 17.8 Å². The van der Waals surface area contributed by atoms with Gasteiger partial charge in [0.15, 0.2) is 0 Å². The van der Waals surface area contributed by atoms with Gasteiger partial charge in [-0.2, -0.15) is 0 Å². The number of rotatable bonds is 11. The van der Waals surface area contributed by atoms with Crippen LogP contribution >= 0.6 is 11.3 Å². The first-order chi connectivity index (χ1) is 17.9. The highest BCUT2D eigenvalue weighted by Crippen LogP contribution is 2.28. The molecule has 0 spiro atoms. The standard InChI is InChI=1S/C29H34N2O5S/c1-20-8-12-22(13-9-20)25-19-37-29(30-25)36-26(28(33)34)18-21-10-14-24(15-11-21)35-17-16-31(2)27(32)23-6-4-3-5-7-23/h8-15,19,23,26H,3-7,16-18H2,1-2H3,(H,33,34)/t26-/m0/s1. The average molecular weight is 523 g/mol. The average Bonchev–Trinajstić information content (AvgIpc) is 3.38. The second-order valence-electron chi connectivity index (χ2n) is 9.60. The Labute approximate surface area is 222 Å². The van der Waals surface area contributed by atoms with Crippen molar-refractivity contribution < 1.29 is 24.2 Å². The molecule has 1 aliphatic rings. The number of carboxylic acids is 1. The Bertz CT molecular complexity index is 1170. The van der Waals surface area contributed by atoms with E-state index in [-0.39, 0.29) is 18.2 Å². The minimum atomic E-state index is -1.05. The lowest BCUT2D eigenvalue weighted by Gasteiger charge is -2.26. The van der Waals surface area contributed by atoms with E-state index in [0.717, 1.165) is 48.1 Å². The maximum absolute atomic E-state index is 12.6. The van der Waals surface area contributed by atoms with Crippen molar-refractivity contribution in [2.45, 2.75) is 51.6 Å². The van der Waals surface area contributed by atoms with Crippen molar-refractivity contribution in [3.05, 3.63) is 65.0 Å². The third-order valence-corrected chi connectivity index (χ3v) is 7.45. The van der Waals surface area contributed by atoms with E-state index in [1.807, 2.05) is 67.9 Å². The zero-order valence-corrected chi connectivity index (χ0v) is 22.2. The molecule has 1 fully saturated rings. The number of aryl methyl sites for hydroxylation is 1. The monoisotopic (exact) mass is 522 g/mol. The predicted molar refractivity (Wildman–Crippen MR) is 144 cm³/mol. The number of aliphatic carboxylic acids is 1. The number of carbonyl (C=O) groups excluding carboxylic acids is 1. The summed E-state index contributed by atoms with van der Waals surface area (Å²) in [6.45, 7) is 2.96. The molecule has 0 radical (unpaired) electrons. The number of aromatic nitrogens is 1. The molecule has 4 rings (SSSR count). The van der Waals surface area contributed by atoms with E-state index >= 15 is 0 Å². The fraction of sp³-hybridized carbons (Fsp3) is 0.414. The lowest BCUT2D eigenvalue weighted by molar-refractivity contribution is -0.145. The Morgan fingerprint density at radius 1 is 1.08 bits per heavy atom. The molecule has 8 heteroatoms. The van der Waals surface area contributed by atoms with Crippen LogP contribution < -0.4 is 9.47 Å². The summed E-state index contributed by atoms with van der Waals surface area (Å²) >= 11 is 1.28. The Kier molecular flexibility index (Phi) is 9.17. The molecule has 1 heterocycles. The minimum Gasteiger partial charge on any atom is -0.492 e. The molecule has 1 aliphatic carbocycles. The van der Waals surface area contributed by atoms with Gasteiger partial charge in [-0.1, -0.05) is 72.6 Å². The van der Waals surface area contributed by atoms with E-state index in [0.29, 0.717) is 24.1 Å². The van der Waals surface area contributed by atoms with Crippen LogP contribution in [-0.4, -0.2) is 53.2 Å². The van der Waals surface area contributed by atoms with Gasteiger partial charge in [-0.05, 0) is 37.5 Å². The molecule has 37 heavy (non-hydrogen) atoms. The van der Waals surface area contributed by atoms with Crippen molar-refractivity contribution in [3.8, 4) is 22.2 Å². The van der Waals surface area contributed by atoms with Crippen LogP contribution in [0.3, 0.4) is 0 Å². The summed E-state index contributed by atoms with van der Waals surface area (Å²) in [6, 6.07) is 15.3. The van der Waals surface area contributed by atoms with E-state index < -0.39 is 12.1 Å². The van der Waals surface area contributed by atoms with Crippen LogP contribution in [0.1, 0.15) is 43.2 Å². The lowest BCUT2D eigenvalue weighted by Crippen LogP contribution is -2.36. The molecule has 1 atom stereocenters. The number of hydrogen-bond acceptors (Lipinski definition) is 6. The number of nitrogens with zero attached hydrogens (tertiary/aromatic N) is 2. The Morgan fingerprint density at radius 3 is 2.46 bits per heavy atom. The molecule has 1 aromatic heterocycles. The van der Waals surface area contributed by atoms with Gasteiger partial charge in [0.05, 0.1) is 12.2 Å². The van der Waals surface area contributed by atoms with Gasteiger partial charge in [-0.3, -0.25) is 4.79 Å². The molecule has 0 saturated heterocycles. The molecule has 3 aromatic rings. The van der Waals surface area contributed by atoms with Crippen LogP contribution in [0, 0.1) is 12.8 Å². The van der Waals surface area contributed by atoms with E-state index in [1.54, 1.807) is 4.90 Å². The predicted octanol–water partition coefficient (Wildman–Crippen LogP) is 5.61. The second-order valence-corrected chi connectivity index (χ2v) is 10.4. The normalized spacial score (nSPS) is 14.6. The highest BCUT2D eigenvalue weighted by atomic mass is 32.1. The van der Waals surface area contributed by atoms with Crippen molar-refractivity contribution in [1.29, 1.82) is 0 Å². The van der Waals surface area contributed by atoms with Crippen LogP contribution in [-0.2, 0) is 16.0 Å². The van der Waals surface area contributed by atoms with Crippen molar-refractivity contribution in [1.82, 2.24) is 9.88 Å². The van der Waals surface area contributed by atoms with Gasteiger partial charge in [0.1, 0.15) is 12.4 Å². The smallest absolute Gasteiger partial charge is 0.345 e. The van der Waals surface area contributed by atoms with Gasteiger partial charge >= 0.3 is 5.97 Å². The van der Waals surface area contributed by atoms with Gasteiger partial charge in [0, 0.05) is 30.3 Å². The maximum atomic E-state index is 12.6. The summed E-state index contributed by atoms with van der Waals surface area (Å²) in [7, 11) is 1.83. The number of hydrogen-bond donors (Lipinski definition) is 1. The Hall–Kier alpha value is -3.39. The second kappa shape index (κ2) is 12.7. The highest BCUT2D eigenvalue weighted by Gasteiger charge is 2.24. The first kappa shape index (κ1) is 26.7. The SMILES string of the molecule is Cc1ccc(-c2csc(O[C@@H](Cc3ccc(OCCN(C)C(=O)C4CCCCC4)cc3)C(=O)O)n2)cc1. The van der Waals surface area contributed by atoms with Crippen LogP contribution in [0.2, 0.25) is 0 Å². The summed E-state index contributed by atoms with van der Waals surface area (Å²) in [5.74, 6) is 0.00128. The summed E-state index contributed by atoms with van der Waals surface area (Å²) in [5, 5.41) is 11.9. The Balaban J connectivity index is 1.27. The quantitative estimate of drug-likeness (QED) is 0.352. The lowest BCUT2D eigenvalue weighted by atomic mass is 9.88. The number of ether oxygens (including phenoxy) is 2. The molecule has 2 aromatic carbocycles. The van der Waals surface area contributed by atoms with Gasteiger partial charge < -0.3 is 19.5 Å². The minimum absolute atomic E-state index is 0.154. The van der Waals surface area contributed by atoms with Gasteiger partial charge in [0.2, 0.25) is 12.0 Å². The van der Waals surface area contributed by atoms with Crippen molar-refractivity contribution in [3.63, 3.8) is 0 Å². The van der Waals surface area contributed by atoms with Crippen molar-refractivity contribution >= 4 is 23.2 Å². The van der Waals surface area contributed by atoms with Gasteiger partial charge in [-0.15, -0.1) is 0 Å². The molecule has 0 aliphatic heterocycles. The summed E-state index contributed by atoms with van der Waals surface area (Å²) in [6.07, 6.45) is 4.63. The van der Waals surface area contributed by atoms with E-state index in [2.05, 4.69) is 4.98 Å². The van der Waals surface area contributed by atoms with Gasteiger partial charge in [-0.25, -0.2) is 9.78 Å². The van der Waals surface area contributed by atoms with Crippen LogP contribution in [0.4, 0.5) is 0 Å². The first-order valence-corrected chi connectivity index (χ1v) is 13.7. The molecule has 196 valence electrons. The number of benzene rings is 2. The van der Waals surface area contributed by atoms with Crippen molar-refractivity contribution in [2.24, 2.45) is 5.92 Å². The molecule has 0 bridgehead atoms. The number of carboxylic acid groups (broad SMARTS) is 1. The first-order valence-electron chi connectivity index (χ1n) is 12.8. The highest BCUT2D eigenvalue weighted by molar-refractivity contribution is 7.11. The number of likely N-dealkylation sites (N-methyl/N-ethyl adjacent to an activating group) is 1. The largest absolute Gasteiger partial charge is 0.492 e. The van der Waals surface area contributed by atoms with Crippen LogP contribution in [0.5, 0.6) is 10.9 Å². The number of carbonyl (C=O) groups is 2. The zero-order valence-electron chi connectivity index (χ0n) is 21.4. The molecular weight excluding hydrogens is 488 g/mol. The van der Waals surface area contributed by atoms with Crippen molar-refractivity contribution in [2.75, 3.05) is 20.2 Å². The molecule has 1 amide bonds. The fourth-order valence-corrected chi connectivity index (χ4v) is 5.20. The fourth-order valence-electron chi connectivity index (χ4n) is 4.48. The summed E-state index contributed by atoms with van der Waals surface area (Å²) < 4.78 is 11.6. The van der Waals surface area contributed by atoms with E-state index in [4.69, 9.17) is 9.47 Å². The third-order valence-electron chi connectivity index (χ3n) is 6.72. The summed E-state index contributed by atoms with van der Waals surface area (Å²) in [5.41, 5.74) is 3.70. The zero-order chi connectivity index (χ0) is 26.2. The van der Waals surface area contributed by atoms with Crippen LogP contribution in [0.15, 0.2) is 53.9 Å². The van der Waals surface area contributed by atoms with E-state index in [9.17, 15) is 14.7 Å². The van der Waals surface area contributed by atoms with Crippen LogP contribution in [0.25, 0.3) is 11.3 Å². The maximum Gasteiger partial charge on any atom is 0.345 e.